The molecule has 0 radical (unpaired) electrons. The van der Waals surface area contributed by atoms with Crippen molar-refractivity contribution in [2.45, 2.75) is 4.90 Å². The lowest BCUT2D eigenvalue weighted by molar-refractivity contribution is 0.0926. The number of carbonyl (C=O) groups is 2. The average Bonchev–Trinajstić information content (AvgIpc) is 2.96. The SMILES string of the molecule is C=CCNS(=O)(=O)c1ccc(N2C(=O)c3ccccc3C2=O)c2ccccc12. The number of hydrogen-bond donors (Lipinski definition) is 1. The van der Waals surface area contributed by atoms with Crippen LogP contribution in [-0.4, -0.2) is 26.8 Å². The lowest BCUT2D eigenvalue weighted by Crippen LogP contribution is -2.30. The number of hydrogen-bond acceptors (Lipinski definition) is 4. The summed E-state index contributed by atoms with van der Waals surface area (Å²) in [7, 11) is -3.78. The van der Waals surface area contributed by atoms with E-state index in [2.05, 4.69) is 11.3 Å². The van der Waals surface area contributed by atoms with E-state index < -0.39 is 21.8 Å². The van der Waals surface area contributed by atoms with E-state index in [9.17, 15) is 18.0 Å². The molecule has 3 aromatic rings. The van der Waals surface area contributed by atoms with Gasteiger partial charge in [-0.1, -0.05) is 42.5 Å². The molecular weight excluding hydrogens is 376 g/mol. The van der Waals surface area contributed by atoms with Gasteiger partial charge in [0.05, 0.1) is 21.7 Å². The van der Waals surface area contributed by atoms with E-state index >= 15 is 0 Å². The number of rotatable bonds is 5. The molecule has 1 N–H and O–H groups in total. The van der Waals surface area contributed by atoms with Crippen molar-refractivity contribution >= 4 is 38.3 Å². The second-order valence-corrected chi connectivity index (χ2v) is 8.00. The molecular formula is C21H16N2O4S. The van der Waals surface area contributed by atoms with Gasteiger partial charge in [-0.25, -0.2) is 18.0 Å². The monoisotopic (exact) mass is 392 g/mol. The lowest BCUT2D eigenvalue weighted by Gasteiger charge is -2.18. The molecule has 0 atom stereocenters. The number of fused-ring (bicyclic) bond motifs is 2. The fraction of sp³-hybridized carbons (Fsp3) is 0.0476. The number of carbonyl (C=O) groups excluding carboxylic acids is 2. The molecule has 4 rings (SSSR count). The smallest absolute Gasteiger partial charge is 0.266 e. The van der Waals surface area contributed by atoms with E-state index in [4.69, 9.17) is 0 Å². The maximum Gasteiger partial charge on any atom is 0.266 e. The van der Waals surface area contributed by atoms with Crippen LogP contribution >= 0.6 is 0 Å². The molecule has 0 saturated carbocycles. The zero-order valence-corrected chi connectivity index (χ0v) is 15.6. The molecule has 2 amide bonds. The number of nitrogens with one attached hydrogen (secondary N) is 1. The highest BCUT2D eigenvalue weighted by atomic mass is 32.2. The van der Waals surface area contributed by atoms with Crippen molar-refractivity contribution in [3.05, 3.63) is 84.4 Å². The van der Waals surface area contributed by atoms with E-state index in [-0.39, 0.29) is 11.4 Å². The summed E-state index contributed by atoms with van der Waals surface area (Å²) >= 11 is 0. The first-order valence-electron chi connectivity index (χ1n) is 8.56. The highest BCUT2D eigenvalue weighted by molar-refractivity contribution is 7.89. The van der Waals surface area contributed by atoms with Crippen molar-refractivity contribution in [2.75, 3.05) is 11.4 Å². The van der Waals surface area contributed by atoms with Crippen LogP contribution in [-0.2, 0) is 10.0 Å². The second kappa shape index (κ2) is 6.70. The van der Waals surface area contributed by atoms with Crippen molar-refractivity contribution in [2.24, 2.45) is 0 Å². The van der Waals surface area contributed by atoms with Gasteiger partial charge in [-0.2, -0.15) is 0 Å². The van der Waals surface area contributed by atoms with Crippen LogP contribution in [0.1, 0.15) is 20.7 Å². The molecule has 0 fully saturated rings. The summed E-state index contributed by atoms with van der Waals surface area (Å²) in [5.41, 5.74) is 1.02. The van der Waals surface area contributed by atoms with Gasteiger partial charge < -0.3 is 0 Å². The van der Waals surface area contributed by atoms with Gasteiger partial charge in [-0.15, -0.1) is 6.58 Å². The lowest BCUT2D eigenvalue weighted by atomic mass is 10.1. The highest BCUT2D eigenvalue weighted by Gasteiger charge is 2.37. The number of imide groups is 1. The summed E-state index contributed by atoms with van der Waals surface area (Å²) in [5.74, 6) is -0.850. The maximum absolute atomic E-state index is 12.8. The van der Waals surface area contributed by atoms with Gasteiger partial charge in [0, 0.05) is 17.3 Å². The van der Waals surface area contributed by atoms with Crippen molar-refractivity contribution in [3.8, 4) is 0 Å². The van der Waals surface area contributed by atoms with Gasteiger partial charge in [0.15, 0.2) is 0 Å². The third-order valence-electron chi connectivity index (χ3n) is 4.60. The van der Waals surface area contributed by atoms with Crippen LogP contribution in [0.5, 0.6) is 0 Å². The minimum atomic E-state index is -3.78. The largest absolute Gasteiger partial charge is 0.268 e. The number of nitrogens with zero attached hydrogens (tertiary/aromatic N) is 1. The van der Waals surface area contributed by atoms with Crippen LogP contribution in [0, 0.1) is 0 Å². The minimum absolute atomic E-state index is 0.0744. The summed E-state index contributed by atoms with van der Waals surface area (Å²) in [5, 5.41) is 0.923. The normalized spacial score (nSPS) is 13.8. The van der Waals surface area contributed by atoms with E-state index in [1.165, 1.54) is 18.2 Å². The molecule has 0 saturated heterocycles. The first kappa shape index (κ1) is 18.1. The van der Waals surface area contributed by atoms with Crippen molar-refractivity contribution in [3.63, 3.8) is 0 Å². The fourth-order valence-electron chi connectivity index (χ4n) is 3.34. The molecule has 7 heteroatoms. The summed E-state index contributed by atoms with van der Waals surface area (Å²) < 4.78 is 27.7. The number of sulfonamides is 1. The fourth-order valence-corrected chi connectivity index (χ4v) is 4.55. The Morgan fingerprint density at radius 2 is 1.43 bits per heavy atom. The molecule has 1 heterocycles. The van der Waals surface area contributed by atoms with Crippen molar-refractivity contribution in [1.82, 2.24) is 4.72 Å². The van der Waals surface area contributed by atoms with Crippen molar-refractivity contribution in [1.29, 1.82) is 0 Å². The predicted octanol–water partition coefficient (Wildman–Crippen LogP) is 3.10. The second-order valence-electron chi connectivity index (χ2n) is 6.26. The Balaban J connectivity index is 1.90. The molecule has 1 aliphatic rings. The summed E-state index contributed by atoms with van der Waals surface area (Å²) in [6, 6.07) is 16.3. The van der Waals surface area contributed by atoms with E-state index in [0.29, 0.717) is 27.6 Å². The highest BCUT2D eigenvalue weighted by Crippen LogP contribution is 2.36. The molecule has 0 bridgehead atoms. The van der Waals surface area contributed by atoms with E-state index in [1.54, 1.807) is 48.5 Å². The van der Waals surface area contributed by atoms with Crippen molar-refractivity contribution < 1.29 is 18.0 Å². The average molecular weight is 392 g/mol. The maximum atomic E-state index is 12.8. The quantitative estimate of drug-likeness (QED) is 0.534. The molecule has 6 nitrogen and oxygen atoms in total. The summed E-state index contributed by atoms with van der Waals surface area (Å²) in [6.07, 6.45) is 1.45. The van der Waals surface area contributed by atoms with Crippen LogP contribution in [0.4, 0.5) is 5.69 Å². The van der Waals surface area contributed by atoms with Gasteiger partial charge in [-0.05, 0) is 24.3 Å². The van der Waals surface area contributed by atoms with Gasteiger partial charge in [-0.3, -0.25) is 9.59 Å². The Kier molecular flexibility index (Phi) is 4.33. The number of amides is 2. The third kappa shape index (κ3) is 2.72. The standard InChI is InChI=1S/C21H16N2O4S/c1-2-13-22-28(26,27)19-12-11-18(14-7-3-4-8-15(14)19)23-20(24)16-9-5-6-10-17(16)21(23)25/h2-12,22H,1,13H2. The van der Waals surface area contributed by atoms with Crippen LogP contribution < -0.4 is 9.62 Å². The van der Waals surface area contributed by atoms with Crippen LogP contribution in [0.25, 0.3) is 10.8 Å². The third-order valence-corrected chi connectivity index (χ3v) is 6.08. The van der Waals surface area contributed by atoms with Gasteiger partial charge in [0.25, 0.3) is 11.8 Å². The predicted molar refractivity (Wildman–Crippen MR) is 107 cm³/mol. The number of benzene rings is 3. The molecule has 28 heavy (non-hydrogen) atoms. The first-order valence-corrected chi connectivity index (χ1v) is 10.0. The van der Waals surface area contributed by atoms with Crippen LogP contribution in [0.2, 0.25) is 0 Å². The first-order chi connectivity index (χ1) is 13.5. The molecule has 140 valence electrons. The Labute approximate surface area is 162 Å². The molecule has 0 unspecified atom stereocenters. The van der Waals surface area contributed by atoms with Crippen LogP contribution in [0.15, 0.2) is 78.2 Å². The summed E-state index contributed by atoms with van der Waals surface area (Å²) in [6.45, 7) is 3.61. The summed E-state index contributed by atoms with van der Waals surface area (Å²) in [4.78, 5) is 26.8. The zero-order chi connectivity index (χ0) is 19.9. The molecule has 0 aromatic heterocycles. The number of anilines is 1. The Morgan fingerprint density at radius 3 is 2.04 bits per heavy atom. The minimum Gasteiger partial charge on any atom is -0.268 e. The Morgan fingerprint density at radius 1 is 0.857 bits per heavy atom. The van der Waals surface area contributed by atoms with Gasteiger partial charge in [0.2, 0.25) is 10.0 Å². The van der Waals surface area contributed by atoms with E-state index in [0.717, 1.165) is 4.90 Å². The van der Waals surface area contributed by atoms with Gasteiger partial charge >= 0.3 is 0 Å². The molecule has 3 aromatic carbocycles. The Bertz CT molecular complexity index is 1210. The Hall–Kier alpha value is -3.29. The topological polar surface area (TPSA) is 83.6 Å². The molecule has 0 aliphatic carbocycles. The molecule has 0 spiro atoms. The van der Waals surface area contributed by atoms with E-state index in [1.807, 2.05) is 0 Å². The van der Waals surface area contributed by atoms with Crippen LogP contribution in [0.3, 0.4) is 0 Å². The molecule has 1 aliphatic heterocycles. The zero-order valence-electron chi connectivity index (χ0n) is 14.8. The van der Waals surface area contributed by atoms with Gasteiger partial charge in [0.1, 0.15) is 0 Å².